The number of anilines is 2. The van der Waals surface area contributed by atoms with Crippen molar-refractivity contribution in [2.75, 3.05) is 11.1 Å². The van der Waals surface area contributed by atoms with Crippen molar-refractivity contribution < 1.29 is 18.4 Å². The van der Waals surface area contributed by atoms with Gasteiger partial charge < -0.3 is 11.1 Å². The summed E-state index contributed by atoms with van der Waals surface area (Å²) in [5.74, 6) is 0.105. The Bertz CT molecular complexity index is 736. The normalized spacial score (nSPS) is 11.3. The largest absolute Gasteiger partial charge is 1.00 e. The van der Waals surface area contributed by atoms with Crippen LogP contribution in [0.25, 0.3) is 11.1 Å². The number of amides is 1. The molecule has 6 nitrogen and oxygen atoms in total. The second-order valence-corrected chi connectivity index (χ2v) is 7.75. The molecular weight excluding hydrogens is 435 g/mol. The molecule has 2 rings (SSSR count). The fourth-order valence-corrected chi connectivity index (χ4v) is 2.89. The molecular formula is C22H32N2O4Se. The Morgan fingerprint density at radius 3 is 1.93 bits per heavy atom. The minimum atomic E-state index is -3.54. The number of nitrogen functional groups attached to an aromatic ring is 1. The maximum Gasteiger partial charge on any atom is 1.00 e. The van der Waals surface area contributed by atoms with Gasteiger partial charge in [0.15, 0.2) is 0 Å². The van der Waals surface area contributed by atoms with Crippen LogP contribution in [0.4, 0.5) is 11.4 Å². The van der Waals surface area contributed by atoms with Crippen molar-refractivity contribution in [1.29, 1.82) is 0 Å². The van der Waals surface area contributed by atoms with Crippen molar-refractivity contribution in [1.82, 2.24) is 0 Å². The third kappa shape index (κ3) is 12.2. The number of hydrogen-bond acceptors (Lipinski definition) is 4. The number of carbonyl (C=O) groups excluding carboxylic acids is 1. The zero-order valence-electron chi connectivity index (χ0n) is 17.9. The molecule has 0 aliphatic rings. The summed E-state index contributed by atoms with van der Waals surface area (Å²) >= 11 is -3.54. The van der Waals surface area contributed by atoms with E-state index in [2.05, 4.69) is 12.2 Å². The monoisotopic (exact) mass is 468 g/mol. The molecule has 0 saturated heterocycles. The van der Waals surface area contributed by atoms with Crippen molar-refractivity contribution in [3.63, 3.8) is 0 Å². The Labute approximate surface area is 179 Å². The first kappa shape index (κ1) is 25.0. The van der Waals surface area contributed by atoms with E-state index in [1.54, 1.807) is 0 Å². The predicted molar refractivity (Wildman–Crippen MR) is 117 cm³/mol. The molecule has 160 valence electrons. The molecule has 1 atom stereocenters. The summed E-state index contributed by atoms with van der Waals surface area (Å²) in [5.41, 5.74) is 9.57. The van der Waals surface area contributed by atoms with Gasteiger partial charge in [-0.15, -0.1) is 0 Å². The van der Waals surface area contributed by atoms with E-state index in [4.69, 9.17) is 17.9 Å². The van der Waals surface area contributed by atoms with E-state index in [0.717, 1.165) is 35.3 Å². The first-order valence-corrected chi connectivity index (χ1v) is 12.1. The molecule has 2 aromatic carbocycles. The topological polar surface area (TPSA) is 115 Å². The molecule has 4 N–H and O–H groups in total. The van der Waals surface area contributed by atoms with E-state index in [1.165, 1.54) is 32.1 Å². The van der Waals surface area contributed by atoms with E-state index in [-0.39, 0.29) is 7.33 Å². The van der Waals surface area contributed by atoms with Gasteiger partial charge in [-0.2, -0.15) is 0 Å². The van der Waals surface area contributed by atoms with Gasteiger partial charge in [-0.1, -0.05) is 69.7 Å². The first-order chi connectivity index (χ1) is 13.9. The SMILES string of the molecule is CCCCCCCCCC(=O)Nc1ccc(-c2ccc(N)cc2)cc1.O=[Se]([O-])O.[H+]. The summed E-state index contributed by atoms with van der Waals surface area (Å²) in [5, 5.41) is 2.98. The second kappa shape index (κ2) is 14.9. The Morgan fingerprint density at radius 1 is 0.966 bits per heavy atom. The minimum Gasteiger partial charge on any atom is 1.00 e. The van der Waals surface area contributed by atoms with Crippen molar-refractivity contribution in [2.45, 2.75) is 58.3 Å². The van der Waals surface area contributed by atoms with Crippen molar-refractivity contribution >= 4 is 31.8 Å². The van der Waals surface area contributed by atoms with Crippen LogP contribution in [0.1, 0.15) is 59.7 Å². The van der Waals surface area contributed by atoms with Crippen LogP contribution in [0.3, 0.4) is 0 Å². The third-order valence-electron chi connectivity index (χ3n) is 4.42. The van der Waals surface area contributed by atoms with Gasteiger partial charge in [0.25, 0.3) is 0 Å². The minimum absolute atomic E-state index is 0. The summed E-state index contributed by atoms with van der Waals surface area (Å²) in [4.78, 5) is 12.0. The number of unbranched alkanes of at least 4 members (excludes halogenated alkanes) is 6. The van der Waals surface area contributed by atoms with Crippen LogP contribution in [-0.4, -0.2) is 24.6 Å². The molecule has 0 aromatic heterocycles. The Balaban J connectivity index is 0.00000154. The van der Waals surface area contributed by atoms with Gasteiger partial charge in [-0.25, -0.2) is 0 Å². The fraction of sp³-hybridized carbons (Fsp3) is 0.409. The zero-order chi connectivity index (χ0) is 21.5. The summed E-state index contributed by atoms with van der Waals surface area (Å²) in [6.07, 6.45) is 9.18. The number of carbonyl (C=O) groups is 1. The molecule has 0 radical (unpaired) electrons. The van der Waals surface area contributed by atoms with Crippen LogP contribution in [0, 0.1) is 0 Å². The van der Waals surface area contributed by atoms with E-state index < -0.39 is 14.5 Å². The van der Waals surface area contributed by atoms with Gasteiger partial charge in [0.2, 0.25) is 5.91 Å². The van der Waals surface area contributed by atoms with Crippen LogP contribution in [0.5, 0.6) is 0 Å². The molecule has 0 heterocycles. The smallest absolute Gasteiger partial charge is 1.00 e. The van der Waals surface area contributed by atoms with Crippen LogP contribution >= 0.6 is 0 Å². The summed E-state index contributed by atoms with van der Waals surface area (Å²) in [7, 11) is 0. The maximum absolute atomic E-state index is 12.0. The molecule has 1 unspecified atom stereocenters. The first-order valence-electron chi connectivity index (χ1n) is 9.96. The summed E-state index contributed by atoms with van der Waals surface area (Å²) in [6, 6.07) is 15.7. The molecule has 0 aliphatic carbocycles. The predicted octanol–water partition coefficient (Wildman–Crippen LogP) is 3.88. The van der Waals surface area contributed by atoms with Crippen LogP contribution in [0.15, 0.2) is 48.5 Å². The molecule has 0 bridgehead atoms. The Morgan fingerprint density at radius 2 is 1.41 bits per heavy atom. The van der Waals surface area contributed by atoms with Crippen LogP contribution in [0.2, 0.25) is 0 Å². The number of nitrogens with two attached hydrogens (primary N) is 1. The fourth-order valence-electron chi connectivity index (χ4n) is 2.89. The molecule has 2 aromatic rings. The quantitative estimate of drug-likeness (QED) is 0.279. The molecule has 7 heteroatoms. The molecule has 29 heavy (non-hydrogen) atoms. The van der Waals surface area contributed by atoms with Crippen LogP contribution in [-0.2, 0) is 8.63 Å². The van der Waals surface area contributed by atoms with E-state index in [1.807, 2.05) is 48.5 Å². The van der Waals surface area contributed by atoms with E-state index in [9.17, 15) is 4.79 Å². The molecule has 0 spiro atoms. The number of rotatable bonds is 10. The second-order valence-electron chi connectivity index (χ2n) is 6.84. The third-order valence-corrected chi connectivity index (χ3v) is 4.42. The summed E-state index contributed by atoms with van der Waals surface area (Å²) in [6.45, 7) is 2.23. The Hall–Kier alpha value is -2.05. The number of hydrogen-bond donors (Lipinski definition) is 3. The standard InChI is InChI=1S/C22H30N2O.H2O3Se/c1-2-3-4-5-6-7-8-9-22(25)24-21-16-12-19(13-17-21)18-10-14-20(23)15-11-18;1-4(2)3/h10-17H,2-9,23H2,1H3,(H,24,25);(H2,1,2,3). The average molecular weight is 467 g/mol. The zero-order valence-corrected chi connectivity index (χ0v) is 18.6. The molecule has 0 saturated carbocycles. The van der Waals surface area contributed by atoms with E-state index in [0.29, 0.717) is 6.42 Å². The van der Waals surface area contributed by atoms with Crippen molar-refractivity contribution in [3.05, 3.63) is 48.5 Å². The number of nitrogens with one attached hydrogen (secondary N) is 1. The maximum atomic E-state index is 12.0. The Kier molecular flexibility index (Phi) is 12.8. The van der Waals surface area contributed by atoms with Gasteiger partial charge >= 0.3 is 28.1 Å². The van der Waals surface area contributed by atoms with Gasteiger partial charge in [-0.05, 0) is 41.8 Å². The van der Waals surface area contributed by atoms with Gasteiger partial charge in [-0.3, -0.25) is 4.79 Å². The summed E-state index contributed by atoms with van der Waals surface area (Å²) < 4.78 is 24.4. The van der Waals surface area contributed by atoms with Gasteiger partial charge in [0, 0.05) is 17.8 Å². The van der Waals surface area contributed by atoms with Crippen LogP contribution < -0.4 is 15.2 Å². The van der Waals surface area contributed by atoms with E-state index >= 15 is 0 Å². The van der Waals surface area contributed by atoms with Gasteiger partial charge in [0.05, 0.1) is 0 Å². The molecule has 0 fully saturated rings. The molecule has 0 aliphatic heterocycles. The average Bonchev–Trinajstić information content (AvgIpc) is 2.68. The van der Waals surface area contributed by atoms with Crippen molar-refractivity contribution in [3.8, 4) is 11.1 Å². The van der Waals surface area contributed by atoms with Gasteiger partial charge in [0.1, 0.15) is 0 Å². The number of benzene rings is 2. The van der Waals surface area contributed by atoms with Crippen molar-refractivity contribution in [2.24, 2.45) is 0 Å². The molecule has 1 amide bonds.